The molecule has 4 aliphatic rings. The maximum atomic E-state index is 15.2. The number of hydrogen-bond acceptors (Lipinski definition) is 13. The Morgan fingerprint density at radius 3 is 2.17 bits per heavy atom. The first kappa shape index (κ1) is 43.9. The smallest absolute Gasteiger partial charge is 0.264 e. The number of anilines is 4. The van der Waals surface area contributed by atoms with Gasteiger partial charge in [0.15, 0.2) is 11.6 Å². The second-order valence-corrected chi connectivity index (χ2v) is 17.1. The van der Waals surface area contributed by atoms with Gasteiger partial charge in [-0.2, -0.15) is 0 Å². The van der Waals surface area contributed by atoms with Crippen molar-refractivity contribution >= 4 is 69.6 Å². The molecule has 2 N–H and O–H groups in total. The fourth-order valence-corrected chi connectivity index (χ4v) is 9.33. The summed E-state index contributed by atoms with van der Waals surface area (Å²) in [6.07, 6.45) is 3.70. The molecule has 18 nitrogen and oxygen atoms in total. The maximum Gasteiger partial charge on any atom is 0.264 e. The Morgan fingerprint density at radius 1 is 0.818 bits per heavy atom. The van der Waals surface area contributed by atoms with Crippen LogP contribution in [0.3, 0.4) is 0 Å². The van der Waals surface area contributed by atoms with E-state index in [2.05, 4.69) is 35.5 Å². The SMILES string of the molecule is Cc1nc2c(F)cc(-c3nc(Nc4ccc(N5CCN(C(=O)CCCC(=O)N6CCN(c7cccc8c7C(=O)N(C7CCC(=O)NC7=O)C8=O)CC6)CC5)cn4)ncc3F)cc2n1C(C)C. The van der Waals surface area contributed by atoms with Crippen molar-refractivity contribution in [2.24, 2.45) is 0 Å². The molecule has 4 aliphatic heterocycles. The van der Waals surface area contributed by atoms with E-state index >= 15 is 8.78 Å². The number of amides is 6. The highest BCUT2D eigenvalue weighted by Gasteiger charge is 2.46. The zero-order valence-electron chi connectivity index (χ0n) is 36.7. The van der Waals surface area contributed by atoms with E-state index in [0.29, 0.717) is 81.6 Å². The van der Waals surface area contributed by atoms with Gasteiger partial charge in [-0.3, -0.25) is 39.0 Å². The Bertz CT molecular complexity index is 2780. The number of carbonyl (C=O) groups excluding carboxylic acids is 6. The molecule has 0 aliphatic carbocycles. The van der Waals surface area contributed by atoms with Gasteiger partial charge in [0.1, 0.15) is 28.9 Å². The molecule has 3 saturated heterocycles. The van der Waals surface area contributed by atoms with Gasteiger partial charge in [0, 0.05) is 83.2 Å². The third-order valence-corrected chi connectivity index (χ3v) is 12.6. The van der Waals surface area contributed by atoms with Crippen molar-refractivity contribution in [2.75, 3.05) is 67.5 Å². The summed E-state index contributed by atoms with van der Waals surface area (Å²) in [5, 5.41) is 5.22. The van der Waals surface area contributed by atoms with E-state index < -0.39 is 41.3 Å². The average molecular weight is 903 g/mol. The van der Waals surface area contributed by atoms with Crippen molar-refractivity contribution in [2.45, 2.75) is 65.0 Å². The van der Waals surface area contributed by atoms with Gasteiger partial charge in [-0.25, -0.2) is 28.7 Å². The molecular formula is C46H48F2N12O6. The van der Waals surface area contributed by atoms with E-state index in [-0.39, 0.29) is 77.4 Å². The van der Waals surface area contributed by atoms with Crippen LogP contribution < -0.4 is 20.4 Å². The molecule has 9 rings (SSSR count). The summed E-state index contributed by atoms with van der Waals surface area (Å²) in [4.78, 5) is 103. The standard InChI is InChI=1S/C46H48F2N12O6/c1-26(2)59-27(3)51-42-31(47)22-28(23-35(42)59)41-32(48)25-50-46(54-41)52-36-12-10-29(24-49-36)55-14-18-57(19-15-55)38(62)8-5-9-39(63)58-20-16-56(17-21-58)33-7-4-6-30-40(33)45(66)60(44(30)65)34-11-13-37(61)53-43(34)64/h4,6-7,10,12,22-26,34H,5,8-9,11,13-21H2,1-3H3,(H,53,61,64)(H,49,50,52,54). The van der Waals surface area contributed by atoms with Crippen LogP contribution in [0, 0.1) is 18.6 Å². The lowest BCUT2D eigenvalue weighted by atomic mass is 10.0. The zero-order chi connectivity index (χ0) is 46.4. The zero-order valence-corrected chi connectivity index (χ0v) is 36.7. The lowest BCUT2D eigenvalue weighted by molar-refractivity contribution is -0.136. The van der Waals surface area contributed by atoms with E-state index in [1.165, 1.54) is 6.07 Å². The van der Waals surface area contributed by atoms with Gasteiger partial charge in [-0.1, -0.05) is 6.07 Å². The van der Waals surface area contributed by atoms with Gasteiger partial charge in [-0.05, 0) is 70.0 Å². The van der Waals surface area contributed by atoms with Gasteiger partial charge in [0.25, 0.3) is 11.8 Å². The predicted molar refractivity (Wildman–Crippen MR) is 238 cm³/mol. The average Bonchev–Trinajstić information content (AvgIpc) is 3.79. The van der Waals surface area contributed by atoms with Crippen molar-refractivity contribution in [3.8, 4) is 11.3 Å². The molecule has 5 aromatic rings. The highest BCUT2D eigenvalue weighted by Crippen LogP contribution is 2.35. The van der Waals surface area contributed by atoms with E-state index in [1.807, 2.05) is 29.4 Å². The lowest BCUT2D eigenvalue weighted by Crippen LogP contribution is -2.54. The molecule has 20 heteroatoms. The highest BCUT2D eigenvalue weighted by atomic mass is 19.1. The van der Waals surface area contributed by atoms with E-state index in [1.54, 1.807) is 53.3 Å². The molecular weight excluding hydrogens is 855 g/mol. The summed E-state index contributed by atoms with van der Waals surface area (Å²) in [6.45, 7) is 9.57. The van der Waals surface area contributed by atoms with E-state index in [0.717, 1.165) is 16.8 Å². The topological polar surface area (TPSA) is 199 Å². The highest BCUT2D eigenvalue weighted by molar-refractivity contribution is 6.25. The van der Waals surface area contributed by atoms with E-state index in [9.17, 15) is 28.8 Å². The van der Waals surface area contributed by atoms with Crippen LogP contribution in [0.25, 0.3) is 22.3 Å². The minimum absolute atomic E-state index is 0.0114. The number of piperidine rings is 1. The van der Waals surface area contributed by atoms with Crippen LogP contribution in [0.2, 0.25) is 0 Å². The molecule has 0 spiro atoms. The molecule has 0 bridgehead atoms. The Hall–Kier alpha value is -7.38. The van der Waals surface area contributed by atoms with Crippen molar-refractivity contribution in [1.82, 2.24) is 44.5 Å². The number of pyridine rings is 1. The summed E-state index contributed by atoms with van der Waals surface area (Å²) in [6, 6.07) is 10.5. The molecule has 2 aromatic carbocycles. The number of fused-ring (bicyclic) bond motifs is 2. The van der Waals surface area contributed by atoms with Gasteiger partial charge < -0.3 is 29.5 Å². The number of halogens is 2. The quantitative estimate of drug-likeness (QED) is 0.178. The second-order valence-electron chi connectivity index (χ2n) is 17.1. The van der Waals surface area contributed by atoms with Crippen LogP contribution in [-0.2, 0) is 19.2 Å². The van der Waals surface area contributed by atoms with Crippen LogP contribution in [0.1, 0.15) is 78.5 Å². The molecule has 7 heterocycles. The second kappa shape index (κ2) is 17.9. The monoisotopic (exact) mass is 902 g/mol. The Labute approximate surface area is 378 Å². The Balaban J connectivity index is 0.726. The number of piperazine rings is 2. The van der Waals surface area contributed by atoms with Crippen molar-refractivity contribution in [3.05, 3.63) is 83.4 Å². The molecule has 3 aromatic heterocycles. The number of imidazole rings is 1. The minimum atomic E-state index is -1.06. The van der Waals surface area contributed by atoms with Crippen LogP contribution in [0.5, 0.6) is 0 Å². The Morgan fingerprint density at radius 2 is 1.52 bits per heavy atom. The molecule has 1 atom stereocenters. The molecule has 66 heavy (non-hydrogen) atoms. The van der Waals surface area contributed by atoms with Crippen LogP contribution in [-0.4, -0.2) is 133 Å². The van der Waals surface area contributed by atoms with Gasteiger partial charge in [0.2, 0.25) is 29.6 Å². The van der Waals surface area contributed by atoms with Gasteiger partial charge >= 0.3 is 0 Å². The fourth-order valence-electron chi connectivity index (χ4n) is 9.33. The third-order valence-electron chi connectivity index (χ3n) is 12.6. The first-order valence-corrected chi connectivity index (χ1v) is 22.1. The number of imide groups is 2. The summed E-state index contributed by atoms with van der Waals surface area (Å²) in [7, 11) is 0. The number of aryl methyl sites for hydroxylation is 1. The molecule has 0 radical (unpaired) electrons. The fraction of sp³-hybridized carbons (Fsp3) is 0.391. The molecule has 6 amide bonds. The van der Waals surface area contributed by atoms with Crippen LogP contribution in [0.4, 0.5) is 31.9 Å². The first-order chi connectivity index (χ1) is 31.7. The molecule has 342 valence electrons. The van der Waals surface area contributed by atoms with E-state index in [4.69, 9.17) is 0 Å². The largest absolute Gasteiger partial charge is 0.367 e. The summed E-state index contributed by atoms with van der Waals surface area (Å²) < 4.78 is 32.1. The maximum absolute atomic E-state index is 15.2. The molecule has 1 unspecified atom stereocenters. The predicted octanol–water partition coefficient (Wildman–Crippen LogP) is 4.37. The summed E-state index contributed by atoms with van der Waals surface area (Å²) in [5.74, 6) is -2.44. The number of carbonyl (C=O) groups is 6. The van der Waals surface area contributed by atoms with Crippen molar-refractivity contribution in [3.63, 3.8) is 0 Å². The first-order valence-electron chi connectivity index (χ1n) is 22.1. The number of nitrogens with zero attached hydrogens (tertiary/aromatic N) is 10. The van der Waals surface area contributed by atoms with Crippen molar-refractivity contribution < 1.29 is 37.5 Å². The minimum Gasteiger partial charge on any atom is -0.367 e. The normalized spacial score (nSPS) is 17.8. The number of rotatable bonds is 11. The summed E-state index contributed by atoms with van der Waals surface area (Å²) in [5.41, 5.74) is 2.79. The number of hydrogen-bond donors (Lipinski definition) is 2. The Kier molecular flexibility index (Phi) is 11.9. The van der Waals surface area contributed by atoms with Crippen molar-refractivity contribution in [1.29, 1.82) is 0 Å². The number of benzene rings is 2. The van der Waals surface area contributed by atoms with Gasteiger partial charge in [0.05, 0.1) is 40.4 Å². The molecule has 3 fully saturated rings. The summed E-state index contributed by atoms with van der Waals surface area (Å²) >= 11 is 0. The number of nitrogens with one attached hydrogen (secondary N) is 2. The van der Waals surface area contributed by atoms with Crippen LogP contribution in [0.15, 0.2) is 54.9 Å². The van der Waals surface area contributed by atoms with Gasteiger partial charge in [-0.15, -0.1) is 0 Å². The van der Waals surface area contributed by atoms with Crippen LogP contribution >= 0.6 is 0 Å². The number of aromatic nitrogens is 5. The third kappa shape index (κ3) is 8.37. The lowest BCUT2D eigenvalue weighted by Gasteiger charge is -2.37. The molecule has 0 saturated carbocycles.